The summed E-state index contributed by atoms with van der Waals surface area (Å²) in [6.07, 6.45) is 0. The van der Waals surface area contributed by atoms with Gasteiger partial charge in [-0.3, -0.25) is 10.1 Å². The summed E-state index contributed by atoms with van der Waals surface area (Å²) in [5.41, 5.74) is 0.702. The van der Waals surface area contributed by atoms with Crippen molar-refractivity contribution in [3.05, 3.63) is 33.9 Å². The molecule has 0 fully saturated rings. The van der Waals surface area contributed by atoms with Gasteiger partial charge in [0, 0.05) is 6.07 Å². The standard InChI is InChI=1S/C9H10FNO3/c1-7-2-3-8(11(12)13)9(6-7)14-5-4-10/h2-3,6H,4-5H2,1H3. The Morgan fingerprint density at radius 1 is 1.57 bits per heavy atom. The van der Waals surface area contributed by atoms with Crippen LogP contribution in [0.25, 0.3) is 0 Å². The minimum atomic E-state index is -0.662. The van der Waals surface area contributed by atoms with Gasteiger partial charge in [-0.25, -0.2) is 4.39 Å². The van der Waals surface area contributed by atoms with E-state index >= 15 is 0 Å². The summed E-state index contributed by atoms with van der Waals surface area (Å²) in [5.74, 6) is 0.118. The molecule has 0 aliphatic rings. The predicted molar refractivity (Wildman–Crippen MR) is 49.3 cm³/mol. The van der Waals surface area contributed by atoms with Gasteiger partial charge in [-0.1, -0.05) is 6.07 Å². The Morgan fingerprint density at radius 3 is 2.86 bits per heavy atom. The number of aryl methyl sites for hydroxylation is 1. The molecule has 0 radical (unpaired) electrons. The highest BCUT2D eigenvalue weighted by Crippen LogP contribution is 2.27. The number of nitrogens with zero attached hydrogens (tertiary/aromatic N) is 1. The van der Waals surface area contributed by atoms with Crippen molar-refractivity contribution in [2.75, 3.05) is 13.3 Å². The van der Waals surface area contributed by atoms with Crippen molar-refractivity contribution < 1.29 is 14.1 Å². The van der Waals surface area contributed by atoms with E-state index in [9.17, 15) is 14.5 Å². The topological polar surface area (TPSA) is 52.4 Å². The second kappa shape index (κ2) is 4.55. The zero-order valence-electron chi connectivity index (χ0n) is 7.70. The highest BCUT2D eigenvalue weighted by Gasteiger charge is 2.14. The molecule has 0 heterocycles. The zero-order valence-corrected chi connectivity index (χ0v) is 7.70. The summed E-state index contributed by atoms with van der Waals surface area (Å²) in [6, 6.07) is 4.48. The fraction of sp³-hybridized carbons (Fsp3) is 0.333. The van der Waals surface area contributed by atoms with E-state index in [1.54, 1.807) is 13.0 Å². The summed E-state index contributed by atoms with van der Waals surface area (Å²) < 4.78 is 16.7. The summed E-state index contributed by atoms with van der Waals surface area (Å²) >= 11 is 0. The lowest BCUT2D eigenvalue weighted by molar-refractivity contribution is -0.385. The summed E-state index contributed by atoms with van der Waals surface area (Å²) in [6.45, 7) is 0.960. The van der Waals surface area contributed by atoms with Gasteiger partial charge >= 0.3 is 5.69 Å². The molecule has 0 saturated heterocycles. The van der Waals surface area contributed by atoms with Crippen LogP contribution in [0.2, 0.25) is 0 Å². The smallest absolute Gasteiger partial charge is 0.310 e. The van der Waals surface area contributed by atoms with Crippen molar-refractivity contribution >= 4 is 5.69 Å². The van der Waals surface area contributed by atoms with Gasteiger partial charge in [0.15, 0.2) is 5.75 Å². The molecule has 4 nitrogen and oxygen atoms in total. The second-order valence-electron chi connectivity index (χ2n) is 2.77. The molecule has 0 aromatic heterocycles. The Kier molecular flexibility index (Phi) is 3.39. The van der Waals surface area contributed by atoms with E-state index in [-0.39, 0.29) is 18.0 Å². The molecule has 0 amide bonds. The van der Waals surface area contributed by atoms with Gasteiger partial charge in [-0.2, -0.15) is 0 Å². The lowest BCUT2D eigenvalue weighted by Crippen LogP contribution is -2.01. The average Bonchev–Trinajstić information content (AvgIpc) is 2.14. The number of nitro benzene ring substituents is 1. The quantitative estimate of drug-likeness (QED) is 0.552. The van der Waals surface area contributed by atoms with Gasteiger partial charge in [-0.15, -0.1) is 0 Å². The van der Waals surface area contributed by atoms with Crippen LogP contribution in [0.15, 0.2) is 18.2 Å². The largest absolute Gasteiger partial charge is 0.484 e. The van der Waals surface area contributed by atoms with Crippen molar-refractivity contribution in [2.45, 2.75) is 6.92 Å². The number of benzene rings is 1. The van der Waals surface area contributed by atoms with Crippen molar-refractivity contribution in [1.82, 2.24) is 0 Å². The van der Waals surface area contributed by atoms with Gasteiger partial charge in [0.2, 0.25) is 0 Å². The molecule has 0 N–H and O–H groups in total. The highest BCUT2D eigenvalue weighted by molar-refractivity contribution is 5.48. The molecular weight excluding hydrogens is 189 g/mol. The molecule has 0 spiro atoms. The first-order chi connectivity index (χ1) is 6.65. The van der Waals surface area contributed by atoms with Crippen LogP contribution >= 0.6 is 0 Å². The Morgan fingerprint density at radius 2 is 2.29 bits per heavy atom. The van der Waals surface area contributed by atoms with Gasteiger partial charge in [0.25, 0.3) is 0 Å². The van der Waals surface area contributed by atoms with Crippen molar-refractivity contribution in [2.24, 2.45) is 0 Å². The molecule has 76 valence electrons. The van der Waals surface area contributed by atoms with Gasteiger partial charge < -0.3 is 4.74 Å². The van der Waals surface area contributed by atoms with E-state index in [1.165, 1.54) is 12.1 Å². The third-order valence-electron chi connectivity index (χ3n) is 1.65. The number of hydrogen-bond donors (Lipinski definition) is 0. The molecule has 0 aliphatic carbocycles. The number of hydrogen-bond acceptors (Lipinski definition) is 3. The van der Waals surface area contributed by atoms with Crippen LogP contribution in [-0.4, -0.2) is 18.2 Å². The van der Waals surface area contributed by atoms with Gasteiger partial charge in [0.05, 0.1) is 4.92 Å². The first-order valence-corrected chi connectivity index (χ1v) is 4.09. The third-order valence-corrected chi connectivity index (χ3v) is 1.65. The number of ether oxygens (including phenoxy) is 1. The molecule has 14 heavy (non-hydrogen) atoms. The maximum atomic E-state index is 11.8. The zero-order chi connectivity index (χ0) is 10.6. The molecule has 1 aromatic carbocycles. The third kappa shape index (κ3) is 2.42. The number of nitro groups is 1. The Bertz CT molecular complexity index is 341. The van der Waals surface area contributed by atoms with Crippen LogP contribution in [0.4, 0.5) is 10.1 Å². The summed E-state index contributed by atoms with van der Waals surface area (Å²) in [7, 11) is 0. The fourth-order valence-corrected chi connectivity index (χ4v) is 1.04. The van der Waals surface area contributed by atoms with E-state index in [0.717, 1.165) is 5.56 Å². The van der Waals surface area contributed by atoms with E-state index in [2.05, 4.69) is 0 Å². The van der Waals surface area contributed by atoms with Crippen molar-refractivity contribution in [3.8, 4) is 5.75 Å². The first kappa shape index (κ1) is 10.4. The predicted octanol–water partition coefficient (Wildman–Crippen LogP) is 2.25. The first-order valence-electron chi connectivity index (χ1n) is 4.09. The number of alkyl halides is 1. The Balaban J connectivity index is 2.97. The van der Waals surface area contributed by atoms with Gasteiger partial charge in [0.1, 0.15) is 13.3 Å². The SMILES string of the molecule is Cc1ccc([N+](=O)[O-])c(OCCF)c1. The normalized spacial score (nSPS) is 9.86. The molecular formula is C9H10FNO3. The monoisotopic (exact) mass is 199 g/mol. The van der Waals surface area contributed by atoms with E-state index in [0.29, 0.717) is 0 Å². The number of rotatable bonds is 4. The summed E-state index contributed by atoms with van der Waals surface area (Å²) in [5, 5.41) is 10.5. The van der Waals surface area contributed by atoms with Crippen molar-refractivity contribution in [3.63, 3.8) is 0 Å². The van der Waals surface area contributed by atoms with Crippen molar-refractivity contribution in [1.29, 1.82) is 0 Å². The molecule has 0 aliphatic heterocycles. The lowest BCUT2D eigenvalue weighted by Gasteiger charge is -2.04. The lowest BCUT2D eigenvalue weighted by atomic mass is 10.2. The Labute approximate surface area is 80.5 Å². The van der Waals surface area contributed by atoms with Crippen LogP contribution in [0, 0.1) is 17.0 Å². The molecule has 0 unspecified atom stereocenters. The Hall–Kier alpha value is -1.65. The molecule has 1 aromatic rings. The second-order valence-corrected chi connectivity index (χ2v) is 2.77. The molecule has 0 atom stereocenters. The molecule has 1 rings (SSSR count). The number of halogens is 1. The minimum absolute atomic E-state index is 0.118. The van der Waals surface area contributed by atoms with Gasteiger partial charge in [-0.05, 0) is 18.6 Å². The van der Waals surface area contributed by atoms with Crippen LogP contribution < -0.4 is 4.74 Å². The highest BCUT2D eigenvalue weighted by atomic mass is 19.1. The maximum absolute atomic E-state index is 11.8. The van der Waals surface area contributed by atoms with Crippen LogP contribution in [0.5, 0.6) is 5.75 Å². The molecule has 5 heteroatoms. The maximum Gasteiger partial charge on any atom is 0.310 e. The van der Waals surface area contributed by atoms with Crippen LogP contribution in [0.1, 0.15) is 5.56 Å². The minimum Gasteiger partial charge on any atom is -0.484 e. The van der Waals surface area contributed by atoms with E-state index in [1.807, 2.05) is 0 Å². The average molecular weight is 199 g/mol. The molecule has 0 saturated carbocycles. The van der Waals surface area contributed by atoms with Crippen LogP contribution in [0.3, 0.4) is 0 Å². The van der Waals surface area contributed by atoms with Crippen LogP contribution in [-0.2, 0) is 0 Å². The van der Waals surface area contributed by atoms with E-state index < -0.39 is 11.6 Å². The molecule has 0 bridgehead atoms. The summed E-state index contributed by atoms with van der Waals surface area (Å²) in [4.78, 5) is 9.98. The van der Waals surface area contributed by atoms with E-state index in [4.69, 9.17) is 4.74 Å². The fourth-order valence-electron chi connectivity index (χ4n) is 1.04.